The van der Waals surface area contributed by atoms with Gasteiger partial charge < -0.3 is 15.2 Å². The second kappa shape index (κ2) is 7.04. The molecule has 0 aliphatic heterocycles. The molecule has 2 N–H and O–H groups in total. The van der Waals surface area contributed by atoms with E-state index >= 15 is 0 Å². The molecule has 0 saturated carbocycles. The molecule has 2 aromatic rings. The first-order chi connectivity index (χ1) is 10.0. The number of pyridine rings is 1. The molecule has 0 aliphatic rings. The van der Waals surface area contributed by atoms with Gasteiger partial charge in [0.1, 0.15) is 5.82 Å². The topological polar surface area (TPSA) is 51.3 Å². The van der Waals surface area contributed by atoms with Crippen LogP contribution in [0.3, 0.4) is 0 Å². The Balaban J connectivity index is 1.81. The average Bonchev–Trinajstić information content (AvgIpc) is 2.45. The molecule has 5 heteroatoms. The van der Waals surface area contributed by atoms with Crippen molar-refractivity contribution in [1.29, 1.82) is 0 Å². The largest absolute Gasteiger partial charge is 0.398 e. The molecule has 0 amide bonds. The van der Waals surface area contributed by atoms with Gasteiger partial charge >= 0.3 is 0 Å². The standard InChI is InChI=1S/C16H20FN3O/c1-19(11-13-3-5-14(17)6-4-13)9-2-10-20-12-15(18)7-8-16(20)21/h3-8,12H,2,9-11,18H2,1H3. The highest BCUT2D eigenvalue weighted by Gasteiger charge is 2.02. The van der Waals surface area contributed by atoms with Gasteiger partial charge in [0.25, 0.3) is 5.56 Å². The molecule has 1 aromatic carbocycles. The molecular weight excluding hydrogens is 269 g/mol. The van der Waals surface area contributed by atoms with E-state index in [9.17, 15) is 9.18 Å². The Morgan fingerprint density at radius 2 is 1.90 bits per heavy atom. The number of nitrogen functional groups attached to an aromatic ring is 1. The maximum absolute atomic E-state index is 12.8. The summed E-state index contributed by atoms with van der Waals surface area (Å²) in [5.74, 6) is -0.220. The number of aromatic nitrogens is 1. The fourth-order valence-corrected chi connectivity index (χ4v) is 2.22. The highest BCUT2D eigenvalue weighted by Crippen LogP contribution is 2.06. The lowest BCUT2D eigenvalue weighted by Crippen LogP contribution is -2.24. The number of nitrogens with two attached hydrogens (primary N) is 1. The van der Waals surface area contributed by atoms with Gasteiger partial charge in [-0.15, -0.1) is 0 Å². The van der Waals surface area contributed by atoms with E-state index in [0.717, 1.165) is 25.1 Å². The van der Waals surface area contributed by atoms with Crippen molar-refractivity contribution in [2.45, 2.75) is 19.5 Å². The van der Waals surface area contributed by atoms with Crippen LogP contribution in [0.5, 0.6) is 0 Å². The Hall–Kier alpha value is -2.14. The molecule has 0 atom stereocenters. The monoisotopic (exact) mass is 289 g/mol. The van der Waals surface area contributed by atoms with Gasteiger partial charge in [0, 0.05) is 31.0 Å². The van der Waals surface area contributed by atoms with Crippen LogP contribution in [0.1, 0.15) is 12.0 Å². The van der Waals surface area contributed by atoms with Gasteiger partial charge in [0.2, 0.25) is 0 Å². The number of halogens is 1. The maximum atomic E-state index is 12.8. The van der Waals surface area contributed by atoms with Crippen molar-refractivity contribution >= 4 is 5.69 Å². The molecule has 21 heavy (non-hydrogen) atoms. The minimum Gasteiger partial charge on any atom is -0.398 e. The van der Waals surface area contributed by atoms with Crippen LogP contribution in [-0.4, -0.2) is 23.1 Å². The van der Waals surface area contributed by atoms with Gasteiger partial charge in [-0.1, -0.05) is 12.1 Å². The Kier molecular flexibility index (Phi) is 5.11. The quantitative estimate of drug-likeness (QED) is 0.886. The lowest BCUT2D eigenvalue weighted by atomic mass is 10.2. The van der Waals surface area contributed by atoms with Gasteiger partial charge in [-0.25, -0.2) is 4.39 Å². The molecule has 0 spiro atoms. The van der Waals surface area contributed by atoms with Gasteiger partial charge in [0.15, 0.2) is 0 Å². The van der Waals surface area contributed by atoms with Gasteiger partial charge in [0.05, 0.1) is 0 Å². The lowest BCUT2D eigenvalue weighted by Gasteiger charge is -2.17. The van der Waals surface area contributed by atoms with Crippen LogP contribution in [0.15, 0.2) is 47.4 Å². The summed E-state index contributed by atoms with van der Waals surface area (Å²) in [6.07, 6.45) is 2.52. The summed E-state index contributed by atoms with van der Waals surface area (Å²) in [7, 11) is 2.01. The molecule has 112 valence electrons. The Morgan fingerprint density at radius 3 is 2.62 bits per heavy atom. The molecule has 1 heterocycles. The number of nitrogens with zero attached hydrogens (tertiary/aromatic N) is 2. The number of anilines is 1. The zero-order valence-electron chi connectivity index (χ0n) is 12.1. The van der Waals surface area contributed by atoms with Crippen molar-refractivity contribution in [3.05, 3.63) is 64.3 Å². The second-order valence-corrected chi connectivity index (χ2v) is 5.21. The molecule has 1 aromatic heterocycles. The third-order valence-electron chi connectivity index (χ3n) is 3.31. The highest BCUT2D eigenvalue weighted by molar-refractivity contribution is 5.33. The summed E-state index contributed by atoms with van der Waals surface area (Å²) < 4.78 is 14.5. The summed E-state index contributed by atoms with van der Waals surface area (Å²) in [6, 6.07) is 9.60. The molecule has 0 saturated heterocycles. The van der Waals surface area contributed by atoms with E-state index in [1.807, 2.05) is 7.05 Å². The van der Waals surface area contributed by atoms with Crippen molar-refractivity contribution < 1.29 is 4.39 Å². The van der Waals surface area contributed by atoms with E-state index in [0.29, 0.717) is 12.2 Å². The third kappa shape index (κ3) is 4.72. The molecule has 0 radical (unpaired) electrons. The third-order valence-corrected chi connectivity index (χ3v) is 3.31. The second-order valence-electron chi connectivity index (χ2n) is 5.21. The van der Waals surface area contributed by atoms with E-state index in [1.165, 1.54) is 18.2 Å². The summed E-state index contributed by atoms with van der Waals surface area (Å²) in [5, 5.41) is 0. The lowest BCUT2D eigenvalue weighted by molar-refractivity contribution is 0.313. The minimum atomic E-state index is -0.220. The number of aryl methyl sites for hydroxylation is 1. The smallest absolute Gasteiger partial charge is 0.250 e. The van der Waals surface area contributed by atoms with Crippen LogP contribution in [0.2, 0.25) is 0 Å². The van der Waals surface area contributed by atoms with E-state index in [4.69, 9.17) is 5.73 Å². The zero-order valence-corrected chi connectivity index (χ0v) is 12.1. The predicted octanol–water partition coefficient (Wildman–Crippen LogP) is 2.09. The van der Waals surface area contributed by atoms with Crippen LogP contribution < -0.4 is 11.3 Å². The van der Waals surface area contributed by atoms with E-state index in [2.05, 4.69) is 4.90 Å². The molecule has 4 nitrogen and oxygen atoms in total. The molecular formula is C16H20FN3O. The Bertz CT molecular complexity index is 637. The summed E-state index contributed by atoms with van der Waals surface area (Å²) in [5.41, 5.74) is 7.30. The summed E-state index contributed by atoms with van der Waals surface area (Å²) >= 11 is 0. The number of benzene rings is 1. The van der Waals surface area contributed by atoms with Crippen LogP contribution in [0, 0.1) is 5.82 Å². The van der Waals surface area contributed by atoms with E-state index < -0.39 is 0 Å². The minimum absolute atomic E-state index is 0.0367. The fourth-order valence-electron chi connectivity index (χ4n) is 2.22. The zero-order chi connectivity index (χ0) is 15.2. The Morgan fingerprint density at radius 1 is 1.19 bits per heavy atom. The highest BCUT2D eigenvalue weighted by atomic mass is 19.1. The van der Waals surface area contributed by atoms with Crippen LogP contribution in [0.25, 0.3) is 0 Å². The first-order valence-corrected chi connectivity index (χ1v) is 6.93. The van der Waals surface area contributed by atoms with Crippen molar-refractivity contribution in [3.8, 4) is 0 Å². The normalized spacial score (nSPS) is 11.0. The van der Waals surface area contributed by atoms with Crippen molar-refractivity contribution in [1.82, 2.24) is 9.47 Å². The van der Waals surface area contributed by atoms with E-state index in [-0.39, 0.29) is 11.4 Å². The van der Waals surface area contributed by atoms with E-state index in [1.54, 1.807) is 29.0 Å². The molecule has 0 fully saturated rings. The van der Waals surface area contributed by atoms with Crippen molar-refractivity contribution in [2.24, 2.45) is 0 Å². The SMILES string of the molecule is CN(CCCn1cc(N)ccc1=O)Cc1ccc(F)cc1. The van der Waals surface area contributed by atoms with Gasteiger partial charge in [-0.2, -0.15) is 0 Å². The summed E-state index contributed by atoms with van der Waals surface area (Å²) in [6.45, 7) is 2.24. The number of hydrogen-bond donors (Lipinski definition) is 1. The fraction of sp³-hybridized carbons (Fsp3) is 0.312. The van der Waals surface area contributed by atoms with Gasteiger partial charge in [-0.05, 0) is 43.8 Å². The van der Waals surface area contributed by atoms with Gasteiger partial charge in [-0.3, -0.25) is 4.79 Å². The first-order valence-electron chi connectivity index (χ1n) is 6.93. The number of hydrogen-bond acceptors (Lipinski definition) is 3. The molecule has 0 unspecified atom stereocenters. The maximum Gasteiger partial charge on any atom is 0.250 e. The summed E-state index contributed by atoms with van der Waals surface area (Å²) in [4.78, 5) is 13.8. The Labute approximate surface area is 123 Å². The predicted molar refractivity (Wildman–Crippen MR) is 82.5 cm³/mol. The average molecular weight is 289 g/mol. The molecule has 0 bridgehead atoms. The van der Waals surface area contributed by atoms with Crippen molar-refractivity contribution in [2.75, 3.05) is 19.3 Å². The van der Waals surface area contributed by atoms with Crippen LogP contribution in [-0.2, 0) is 13.1 Å². The first kappa shape index (κ1) is 15.3. The number of rotatable bonds is 6. The van der Waals surface area contributed by atoms with Crippen LogP contribution >= 0.6 is 0 Å². The van der Waals surface area contributed by atoms with Crippen LogP contribution in [0.4, 0.5) is 10.1 Å². The molecule has 2 rings (SSSR count). The molecule has 0 aliphatic carbocycles. The van der Waals surface area contributed by atoms with Crippen molar-refractivity contribution in [3.63, 3.8) is 0 Å².